The quantitative estimate of drug-likeness (QED) is 0.521. The molecule has 0 saturated carbocycles. The van der Waals surface area contributed by atoms with E-state index in [0.717, 1.165) is 5.56 Å². The van der Waals surface area contributed by atoms with E-state index < -0.39 is 14.7 Å². The van der Waals surface area contributed by atoms with Gasteiger partial charge in [-0.05, 0) is 55.0 Å². The molecule has 0 atom stereocenters. The van der Waals surface area contributed by atoms with Crippen molar-refractivity contribution in [3.8, 4) is 11.8 Å². The van der Waals surface area contributed by atoms with Gasteiger partial charge in [0.2, 0.25) is 9.84 Å². The summed E-state index contributed by atoms with van der Waals surface area (Å²) in [4.78, 5) is -0.343. The van der Waals surface area contributed by atoms with Crippen LogP contribution in [0.1, 0.15) is 17.1 Å². The average Bonchev–Trinajstić information content (AvgIpc) is 3.15. The molecule has 0 bridgehead atoms. The predicted molar refractivity (Wildman–Crippen MR) is 106 cm³/mol. The Morgan fingerprint density at radius 2 is 1.93 bits per heavy atom. The van der Waals surface area contributed by atoms with Crippen LogP contribution in [-0.4, -0.2) is 8.42 Å². The normalized spacial score (nSPS) is 11.8. The zero-order valence-electron chi connectivity index (χ0n) is 14.9. The molecule has 7 heteroatoms. The van der Waals surface area contributed by atoms with Crippen LogP contribution in [0.15, 0.2) is 74.9 Å². The number of halogens is 1. The van der Waals surface area contributed by atoms with E-state index in [0.29, 0.717) is 16.5 Å². The summed E-state index contributed by atoms with van der Waals surface area (Å²) in [5.41, 5.74) is 0.895. The number of furan rings is 1. The fraction of sp³-hybridized carbons (Fsp3) is 0.0952. The first kappa shape index (κ1) is 19.7. The van der Waals surface area contributed by atoms with Crippen LogP contribution < -0.4 is 4.74 Å². The third kappa shape index (κ3) is 4.45. The monoisotopic (exact) mass is 413 g/mol. The number of aryl methyl sites for hydroxylation is 1. The molecule has 0 aliphatic carbocycles. The van der Waals surface area contributed by atoms with Crippen molar-refractivity contribution < 1.29 is 17.6 Å². The molecular weight excluding hydrogens is 398 g/mol. The van der Waals surface area contributed by atoms with Crippen LogP contribution >= 0.6 is 11.6 Å². The van der Waals surface area contributed by atoms with E-state index in [1.165, 1.54) is 18.2 Å². The molecule has 0 unspecified atom stereocenters. The van der Waals surface area contributed by atoms with E-state index in [-0.39, 0.29) is 17.3 Å². The third-order valence-electron chi connectivity index (χ3n) is 3.92. The Morgan fingerprint density at radius 1 is 1.18 bits per heavy atom. The molecule has 0 aliphatic rings. The molecule has 0 aliphatic heterocycles. The zero-order valence-corrected chi connectivity index (χ0v) is 16.5. The van der Waals surface area contributed by atoms with Crippen LogP contribution in [0.25, 0.3) is 6.08 Å². The number of benzene rings is 2. The van der Waals surface area contributed by atoms with Crippen molar-refractivity contribution in [3.05, 3.63) is 87.7 Å². The Labute approximate surface area is 168 Å². The van der Waals surface area contributed by atoms with E-state index >= 15 is 0 Å². The van der Waals surface area contributed by atoms with Gasteiger partial charge in [0.15, 0.2) is 4.91 Å². The maximum absolute atomic E-state index is 12.6. The molecule has 1 aromatic heterocycles. The van der Waals surface area contributed by atoms with Crippen molar-refractivity contribution in [2.24, 2.45) is 0 Å². The molecule has 5 nitrogen and oxygen atoms in total. The molecule has 28 heavy (non-hydrogen) atoms. The molecule has 2 aromatic carbocycles. The summed E-state index contributed by atoms with van der Waals surface area (Å²) < 4.78 is 36.4. The second-order valence-electron chi connectivity index (χ2n) is 5.94. The second-order valence-corrected chi connectivity index (χ2v) is 8.27. The molecule has 0 spiro atoms. The highest BCUT2D eigenvalue weighted by atomic mass is 35.5. The van der Waals surface area contributed by atoms with Gasteiger partial charge >= 0.3 is 0 Å². The van der Waals surface area contributed by atoms with Gasteiger partial charge in [-0.2, -0.15) is 5.26 Å². The van der Waals surface area contributed by atoms with Gasteiger partial charge in [0, 0.05) is 11.1 Å². The lowest BCUT2D eigenvalue weighted by molar-refractivity contribution is 0.269. The fourth-order valence-corrected chi connectivity index (χ4v) is 3.72. The van der Waals surface area contributed by atoms with Crippen LogP contribution in [0.4, 0.5) is 0 Å². The highest BCUT2D eigenvalue weighted by Gasteiger charge is 2.21. The topological polar surface area (TPSA) is 80.3 Å². The lowest BCUT2D eigenvalue weighted by atomic mass is 10.2. The fourth-order valence-electron chi connectivity index (χ4n) is 2.44. The van der Waals surface area contributed by atoms with Crippen molar-refractivity contribution in [1.82, 2.24) is 0 Å². The van der Waals surface area contributed by atoms with Crippen LogP contribution in [-0.2, 0) is 16.4 Å². The first-order valence-electron chi connectivity index (χ1n) is 8.30. The molecule has 3 rings (SSSR count). The lowest BCUT2D eigenvalue weighted by Crippen LogP contribution is -2.03. The molecule has 142 valence electrons. The van der Waals surface area contributed by atoms with Gasteiger partial charge in [0.1, 0.15) is 29.9 Å². The predicted octanol–water partition coefficient (Wildman–Crippen LogP) is 5.16. The van der Waals surface area contributed by atoms with E-state index in [1.54, 1.807) is 48.5 Å². The highest BCUT2D eigenvalue weighted by Crippen LogP contribution is 2.24. The van der Waals surface area contributed by atoms with Crippen molar-refractivity contribution in [2.45, 2.75) is 18.4 Å². The Morgan fingerprint density at radius 3 is 2.61 bits per heavy atom. The summed E-state index contributed by atoms with van der Waals surface area (Å²) in [6, 6.07) is 18.1. The number of rotatable bonds is 6. The van der Waals surface area contributed by atoms with Gasteiger partial charge in [-0.15, -0.1) is 0 Å². The van der Waals surface area contributed by atoms with Gasteiger partial charge in [-0.25, -0.2) is 8.42 Å². The number of sulfone groups is 1. The van der Waals surface area contributed by atoms with E-state index in [1.807, 2.05) is 13.0 Å². The molecule has 0 saturated heterocycles. The molecule has 3 aromatic rings. The van der Waals surface area contributed by atoms with Crippen molar-refractivity contribution in [3.63, 3.8) is 0 Å². The summed E-state index contributed by atoms with van der Waals surface area (Å²) in [5, 5.41) is 9.97. The third-order valence-corrected chi connectivity index (χ3v) is 6.02. The Balaban J connectivity index is 1.77. The number of ether oxygens (including phenoxy) is 1. The second kappa shape index (κ2) is 8.34. The van der Waals surface area contributed by atoms with Crippen LogP contribution in [0.3, 0.4) is 0 Å². The van der Waals surface area contributed by atoms with E-state index in [9.17, 15) is 13.7 Å². The van der Waals surface area contributed by atoms with E-state index in [2.05, 4.69) is 0 Å². The van der Waals surface area contributed by atoms with Gasteiger partial charge in [0.25, 0.3) is 0 Å². The molecule has 0 fully saturated rings. The summed E-state index contributed by atoms with van der Waals surface area (Å²) in [7, 11) is -3.91. The Bertz CT molecular complexity index is 1160. The number of nitrogens with zero attached hydrogens (tertiary/aromatic N) is 1. The van der Waals surface area contributed by atoms with Gasteiger partial charge in [-0.1, -0.05) is 29.8 Å². The van der Waals surface area contributed by atoms with E-state index in [4.69, 9.17) is 20.8 Å². The largest absolute Gasteiger partial charge is 0.486 e. The summed E-state index contributed by atoms with van der Waals surface area (Å²) in [5.74, 6) is 1.38. The summed E-state index contributed by atoms with van der Waals surface area (Å²) >= 11 is 5.99. The van der Waals surface area contributed by atoms with Crippen molar-refractivity contribution >= 4 is 27.5 Å². The molecule has 0 N–H and O–H groups in total. The highest BCUT2D eigenvalue weighted by molar-refractivity contribution is 7.95. The van der Waals surface area contributed by atoms with Gasteiger partial charge < -0.3 is 9.15 Å². The lowest BCUT2D eigenvalue weighted by Gasteiger charge is -2.06. The minimum atomic E-state index is -3.91. The van der Waals surface area contributed by atoms with Gasteiger partial charge in [0.05, 0.1) is 4.90 Å². The maximum Gasteiger partial charge on any atom is 0.216 e. The Hall–Kier alpha value is -3.01. The first-order valence-corrected chi connectivity index (χ1v) is 10.2. The van der Waals surface area contributed by atoms with Crippen LogP contribution in [0.2, 0.25) is 5.02 Å². The first-order chi connectivity index (χ1) is 13.4. The summed E-state index contributed by atoms with van der Waals surface area (Å²) in [6.45, 7) is 2.03. The molecular formula is C21H16ClNO4S. The number of allylic oxidation sites excluding steroid dienone is 1. The van der Waals surface area contributed by atoms with Crippen LogP contribution in [0.5, 0.6) is 5.75 Å². The summed E-state index contributed by atoms with van der Waals surface area (Å²) in [6.07, 6.45) is 1.21. The molecule has 0 radical (unpaired) electrons. The minimum Gasteiger partial charge on any atom is -0.486 e. The van der Waals surface area contributed by atoms with Crippen molar-refractivity contribution in [2.75, 3.05) is 0 Å². The van der Waals surface area contributed by atoms with Gasteiger partial charge in [-0.3, -0.25) is 0 Å². The Kier molecular flexibility index (Phi) is 5.88. The maximum atomic E-state index is 12.6. The smallest absolute Gasteiger partial charge is 0.216 e. The molecule has 0 amide bonds. The molecule has 1 heterocycles. The number of hydrogen-bond acceptors (Lipinski definition) is 5. The average molecular weight is 414 g/mol. The van der Waals surface area contributed by atoms with Crippen LogP contribution in [0, 0.1) is 18.3 Å². The number of hydrogen-bond donors (Lipinski definition) is 0. The zero-order chi connectivity index (χ0) is 20.1. The van der Waals surface area contributed by atoms with Crippen molar-refractivity contribution in [1.29, 1.82) is 5.26 Å². The minimum absolute atomic E-state index is 0.0519. The SMILES string of the molecule is Cc1cc(OCc2ccc(/C=C(\C#N)S(=O)(=O)c3ccccc3)o2)ccc1Cl. The number of nitriles is 1. The standard InChI is InChI=1S/C21H16ClNO4S/c1-15-11-16(9-10-21(15)22)26-14-18-8-7-17(27-18)12-20(13-23)28(24,25)19-5-3-2-4-6-19/h2-12H,14H2,1H3/b20-12+.